The van der Waals surface area contributed by atoms with E-state index in [2.05, 4.69) is 32.0 Å². The molecule has 0 heterocycles. The van der Waals surface area contributed by atoms with Crippen LogP contribution in [0, 0.1) is 13.8 Å². The van der Waals surface area contributed by atoms with E-state index in [1.54, 1.807) is 0 Å². The maximum Gasteiger partial charge on any atom is 0.0720 e. The molecule has 0 saturated heterocycles. The Hall–Kier alpha value is -0.820. The number of aryl methyl sites for hydroxylation is 2. The highest BCUT2D eigenvalue weighted by Gasteiger charge is 2.15. The first-order chi connectivity index (χ1) is 7.24. The minimum atomic E-state index is 0.519. The van der Waals surface area contributed by atoms with Gasteiger partial charge in [-0.15, -0.1) is 0 Å². The van der Waals surface area contributed by atoms with Crippen LogP contribution in [0.1, 0.15) is 42.4 Å². The molecule has 1 saturated carbocycles. The van der Waals surface area contributed by atoms with Crippen LogP contribution in [0.25, 0.3) is 0 Å². The predicted molar refractivity (Wildman–Crippen MR) is 63.0 cm³/mol. The van der Waals surface area contributed by atoms with Crippen molar-refractivity contribution in [2.45, 2.75) is 52.2 Å². The van der Waals surface area contributed by atoms with Gasteiger partial charge in [0.2, 0.25) is 0 Å². The van der Waals surface area contributed by atoms with Crippen LogP contribution in [0.15, 0.2) is 18.2 Å². The van der Waals surface area contributed by atoms with Crippen molar-refractivity contribution in [3.8, 4) is 0 Å². The fraction of sp³-hybridized carbons (Fsp3) is 0.571. The Kier molecular flexibility index (Phi) is 3.42. The molecule has 0 spiro atoms. The van der Waals surface area contributed by atoms with Gasteiger partial charge in [-0.1, -0.05) is 42.2 Å². The third-order valence-corrected chi connectivity index (χ3v) is 3.07. The zero-order valence-corrected chi connectivity index (χ0v) is 9.75. The monoisotopic (exact) mass is 204 g/mol. The quantitative estimate of drug-likeness (QED) is 0.728. The lowest BCUT2D eigenvalue weighted by molar-refractivity contribution is 0.0456. The normalized spacial score (nSPS) is 17.2. The van der Waals surface area contributed by atoms with Gasteiger partial charge in [0.1, 0.15) is 0 Å². The smallest absolute Gasteiger partial charge is 0.0720 e. The van der Waals surface area contributed by atoms with E-state index in [0.717, 1.165) is 6.61 Å². The van der Waals surface area contributed by atoms with Gasteiger partial charge < -0.3 is 4.74 Å². The number of rotatable bonds is 3. The summed E-state index contributed by atoms with van der Waals surface area (Å²) in [5, 5.41) is 0. The van der Waals surface area contributed by atoms with Crippen LogP contribution >= 0.6 is 0 Å². The number of hydrogen-bond acceptors (Lipinski definition) is 1. The van der Waals surface area contributed by atoms with Gasteiger partial charge in [0.05, 0.1) is 12.7 Å². The summed E-state index contributed by atoms with van der Waals surface area (Å²) in [6.07, 6.45) is 5.72. The molecule has 1 nitrogen and oxygen atoms in total. The third-order valence-electron chi connectivity index (χ3n) is 3.07. The molecule has 0 atom stereocenters. The van der Waals surface area contributed by atoms with Crippen LogP contribution in [-0.2, 0) is 11.3 Å². The molecule has 15 heavy (non-hydrogen) atoms. The van der Waals surface area contributed by atoms with E-state index >= 15 is 0 Å². The Balaban J connectivity index is 1.92. The minimum Gasteiger partial charge on any atom is -0.374 e. The first kappa shape index (κ1) is 10.7. The Bertz CT molecular complexity index is 304. The van der Waals surface area contributed by atoms with Gasteiger partial charge in [-0.25, -0.2) is 0 Å². The van der Waals surface area contributed by atoms with Gasteiger partial charge in [-0.3, -0.25) is 0 Å². The molecule has 82 valence electrons. The summed E-state index contributed by atoms with van der Waals surface area (Å²) >= 11 is 0. The van der Waals surface area contributed by atoms with Gasteiger partial charge in [-0.2, -0.15) is 0 Å². The summed E-state index contributed by atoms with van der Waals surface area (Å²) in [5.41, 5.74) is 3.99. The van der Waals surface area contributed by atoms with E-state index in [0.29, 0.717) is 6.10 Å². The largest absolute Gasteiger partial charge is 0.374 e. The summed E-state index contributed by atoms with van der Waals surface area (Å²) < 4.78 is 5.90. The average Bonchev–Trinajstić information content (AvgIpc) is 2.65. The molecule has 0 bridgehead atoms. The van der Waals surface area contributed by atoms with Crippen LogP contribution in [0.5, 0.6) is 0 Å². The molecule has 0 aliphatic heterocycles. The number of ether oxygens (including phenoxy) is 1. The van der Waals surface area contributed by atoms with Gasteiger partial charge in [0.15, 0.2) is 0 Å². The summed E-state index contributed by atoms with van der Waals surface area (Å²) in [6.45, 7) is 5.07. The Morgan fingerprint density at radius 1 is 1.07 bits per heavy atom. The molecule has 0 N–H and O–H groups in total. The Morgan fingerprint density at radius 2 is 1.67 bits per heavy atom. The molecule has 0 aromatic heterocycles. The molecule has 2 rings (SSSR count). The summed E-state index contributed by atoms with van der Waals surface area (Å²) in [4.78, 5) is 0. The Morgan fingerprint density at radius 3 is 2.27 bits per heavy atom. The first-order valence-corrected chi connectivity index (χ1v) is 5.93. The highest BCUT2D eigenvalue weighted by Crippen LogP contribution is 2.22. The van der Waals surface area contributed by atoms with Gasteiger partial charge in [0.25, 0.3) is 0 Å². The summed E-state index contributed by atoms with van der Waals surface area (Å²) in [6, 6.07) is 6.66. The number of benzene rings is 1. The first-order valence-electron chi connectivity index (χ1n) is 5.93. The lowest BCUT2D eigenvalue weighted by atomic mass is 10.1. The lowest BCUT2D eigenvalue weighted by Crippen LogP contribution is -2.07. The van der Waals surface area contributed by atoms with Crippen molar-refractivity contribution in [1.82, 2.24) is 0 Å². The molecule has 1 aliphatic carbocycles. The van der Waals surface area contributed by atoms with Gasteiger partial charge in [0, 0.05) is 0 Å². The van der Waals surface area contributed by atoms with Gasteiger partial charge in [-0.05, 0) is 32.3 Å². The second-order valence-corrected chi connectivity index (χ2v) is 4.71. The molecular formula is C14H20O. The molecule has 1 fully saturated rings. The third kappa shape index (κ3) is 3.07. The van der Waals surface area contributed by atoms with E-state index in [9.17, 15) is 0 Å². The summed E-state index contributed by atoms with van der Waals surface area (Å²) in [7, 11) is 0. The van der Waals surface area contributed by atoms with E-state index in [1.807, 2.05) is 0 Å². The van der Waals surface area contributed by atoms with Crippen LogP contribution in [0.4, 0.5) is 0 Å². The highest BCUT2D eigenvalue weighted by atomic mass is 16.5. The average molecular weight is 204 g/mol. The van der Waals surface area contributed by atoms with Crippen molar-refractivity contribution in [2.75, 3.05) is 0 Å². The second kappa shape index (κ2) is 4.80. The topological polar surface area (TPSA) is 9.23 Å². The SMILES string of the molecule is Cc1cc(C)cc(COC2CCCC2)c1. The molecular weight excluding hydrogens is 184 g/mol. The molecule has 1 aliphatic rings. The van der Waals surface area contributed by atoms with E-state index in [-0.39, 0.29) is 0 Å². The maximum absolute atomic E-state index is 5.90. The zero-order valence-electron chi connectivity index (χ0n) is 9.75. The fourth-order valence-electron chi connectivity index (χ4n) is 2.42. The predicted octanol–water partition coefficient (Wildman–Crippen LogP) is 3.76. The molecule has 1 aromatic rings. The number of hydrogen-bond donors (Lipinski definition) is 0. The van der Waals surface area contributed by atoms with Crippen molar-refractivity contribution in [3.05, 3.63) is 34.9 Å². The second-order valence-electron chi connectivity index (χ2n) is 4.71. The van der Waals surface area contributed by atoms with Crippen molar-refractivity contribution in [1.29, 1.82) is 0 Å². The van der Waals surface area contributed by atoms with Crippen LogP contribution in [-0.4, -0.2) is 6.10 Å². The minimum absolute atomic E-state index is 0.519. The molecule has 0 amide bonds. The van der Waals surface area contributed by atoms with Crippen molar-refractivity contribution in [2.24, 2.45) is 0 Å². The van der Waals surface area contributed by atoms with Gasteiger partial charge >= 0.3 is 0 Å². The Labute approximate surface area is 92.5 Å². The van der Waals surface area contributed by atoms with Crippen molar-refractivity contribution < 1.29 is 4.74 Å². The van der Waals surface area contributed by atoms with Crippen LogP contribution in [0.3, 0.4) is 0 Å². The summed E-state index contributed by atoms with van der Waals surface area (Å²) in [5.74, 6) is 0. The maximum atomic E-state index is 5.90. The molecule has 1 heteroatoms. The standard InChI is InChI=1S/C14H20O/c1-11-7-12(2)9-13(8-11)10-15-14-5-3-4-6-14/h7-9,14H,3-6,10H2,1-2H3. The fourth-order valence-corrected chi connectivity index (χ4v) is 2.42. The van der Waals surface area contributed by atoms with Crippen molar-refractivity contribution in [3.63, 3.8) is 0 Å². The van der Waals surface area contributed by atoms with E-state index in [4.69, 9.17) is 4.74 Å². The zero-order chi connectivity index (χ0) is 10.7. The van der Waals surface area contributed by atoms with Crippen molar-refractivity contribution >= 4 is 0 Å². The molecule has 1 aromatic carbocycles. The van der Waals surface area contributed by atoms with E-state index in [1.165, 1.54) is 42.4 Å². The molecule has 0 unspecified atom stereocenters. The molecule has 0 radical (unpaired) electrons. The lowest BCUT2D eigenvalue weighted by Gasteiger charge is -2.11. The van der Waals surface area contributed by atoms with Crippen LogP contribution in [0.2, 0.25) is 0 Å². The van der Waals surface area contributed by atoms with E-state index < -0.39 is 0 Å². The van der Waals surface area contributed by atoms with Crippen LogP contribution < -0.4 is 0 Å². The highest BCUT2D eigenvalue weighted by molar-refractivity contribution is 5.27.